The van der Waals surface area contributed by atoms with Gasteiger partial charge in [0.2, 0.25) is 15.9 Å². The van der Waals surface area contributed by atoms with Gasteiger partial charge < -0.3 is 10.1 Å². The van der Waals surface area contributed by atoms with Gasteiger partial charge in [-0.25, -0.2) is 22.0 Å². The fraction of sp³-hybridized carbons (Fsp3) is 0.136. The van der Waals surface area contributed by atoms with Crippen LogP contribution < -0.4 is 15.2 Å². The second kappa shape index (κ2) is 9.92. The molecule has 0 aromatic heterocycles. The molecule has 0 spiro atoms. The average Bonchev–Trinajstić information content (AvgIpc) is 2.73. The molecule has 0 saturated heterocycles. The van der Waals surface area contributed by atoms with Gasteiger partial charge in [-0.05, 0) is 42.0 Å². The van der Waals surface area contributed by atoms with Crippen molar-refractivity contribution in [2.24, 2.45) is 5.14 Å². The van der Waals surface area contributed by atoms with E-state index in [1.165, 1.54) is 36.4 Å². The van der Waals surface area contributed by atoms with Crippen molar-refractivity contribution in [3.63, 3.8) is 0 Å². The number of benzene rings is 3. The van der Waals surface area contributed by atoms with Gasteiger partial charge in [0.25, 0.3) is 0 Å². The first-order chi connectivity index (χ1) is 15.4. The summed E-state index contributed by atoms with van der Waals surface area (Å²) >= 11 is 6.07. The number of nitrogens with one attached hydrogen (secondary N) is 1. The van der Waals surface area contributed by atoms with Gasteiger partial charge >= 0.3 is 0 Å². The number of hydrogen-bond donors (Lipinski definition) is 2. The van der Waals surface area contributed by atoms with Crippen molar-refractivity contribution < 1.29 is 26.4 Å². The molecule has 1 amide bonds. The van der Waals surface area contributed by atoms with Crippen molar-refractivity contribution in [2.45, 2.75) is 22.8 Å². The van der Waals surface area contributed by atoms with Crippen molar-refractivity contribution in [1.29, 1.82) is 0 Å². The van der Waals surface area contributed by atoms with E-state index in [4.69, 9.17) is 21.5 Å². The summed E-state index contributed by atoms with van der Waals surface area (Å²) in [5.74, 6) is -0.138. The average molecular weight is 509 g/mol. The van der Waals surface area contributed by atoms with Crippen LogP contribution in [-0.2, 0) is 37.7 Å². The van der Waals surface area contributed by atoms with E-state index in [-0.39, 0.29) is 45.7 Å². The minimum Gasteiger partial charge on any atom is -0.489 e. The van der Waals surface area contributed by atoms with Gasteiger partial charge in [-0.15, -0.1) is 0 Å². The molecule has 33 heavy (non-hydrogen) atoms. The van der Waals surface area contributed by atoms with Crippen LogP contribution in [0.4, 0.5) is 5.69 Å². The third-order valence-corrected chi connectivity index (χ3v) is 7.07. The van der Waals surface area contributed by atoms with Crippen LogP contribution in [0.25, 0.3) is 0 Å². The van der Waals surface area contributed by atoms with Gasteiger partial charge in [-0.2, -0.15) is 0 Å². The highest BCUT2D eigenvalue weighted by molar-refractivity contribution is 7.90. The van der Waals surface area contributed by atoms with E-state index in [2.05, 4.69) is 5.32 Å². The number of anilines is 1. The van der Waals surface area contributed by atoms with Crippen LogP contribution in [0.3, 0.4) is 0 Å². The predicted molar refractivity (Wildman–Crippen MR) is 125 cm³/mol. The highest BCUT2D eigenvalue weighted by Gasteiger charge is 2.17. The van der Waals surface area contributed by atoms with E-state index in [1.54, 1.807) is 30.3 Å². The first-order valence-electron chi connectivity index (χ1n) is 9.55. The van der Waals surface area contributed by atoms with E-state index in [0.29, 0.717) is 10.6 Å². The van der Waals surface area contributed by atoms with Crippen molar-refractivity contribution in [2.75, 3.05) is 11.6 Å². The molecule has 0 aliphatic rings. The standard InChI is InChI=1S/C22H21ClN2O6S2/c1-32(27,28)19-7-4-6-18(13-19)31-14-16-9-10-17(12-21(16)33(24,29)30)25-22(26)11-15-5-2-3-8-20(15)23/h2-10,12-13H,11,14H2,1H3,(H,25,26)(H2,24,29,30). The van der Waals surface area contributed by atoms with Crippen LogP contribution in [0.15, 0.2) is 76.5 Å². The Balaban J connectivity index is 1.79. The van der Waals surface area contributed by atoms with Gasteiger partial charge in [0.1, 0.15) is 12.4 Å². The molecular weight excluding hydrogens is 488 g/mol. The van der Waals surface area contributed by atoms with Crippen molar-refractivity contribution in [3.8, 4) is 5.75 Å². The van der Waals surface area contributed by atoms with Crippen LogP contribution in [-0.4, -0.2) is 29.0 Å². The zero-order valence-corrected chi connectivity index (χ0v) is 19.9. The molecule has 3 N–H and O–H groups in total. The van der Waals surface area contributed by atoms with Gasteiger partial charge in [-0.1, -0.05) is 41.9 Å². The van der Waals surface area contributed by atoms with Crippen LogP contribution in [0.5, 0.6) is 5.75 Å². The number of amides is 1. The molecule has 3 rings (SSSR count). The summed E-state index contributed by atoms with van der Waals surface area (Å²) in [6.45, 7) is -0.188. The summed E-state index contributed by atoms with van der Waals surface area (Å²) in [5.41, 5.74) is 1.11. The molecule has 0 heterocycles. The number of rotatable bonds is 8. The molecule has 0 aliphatic heterocycles. The predicted octanol–water partition coefficient (Wildman–Crippen LogP) is 3.15. The minimum atomic E-state index is -4.14. The summed E-state index contributed by atoms with van der Waals surface area (Å²) in [5, 5.41) is 8.44. The molecule has 3 aromatic carbocycles. The van der Waals surface area contributed by atoms with E-state index < -0.39 is 19.9 Å². The molecule has 0 atom stereocenters. The fourth-order valence-corrected chi connectivity index (χ4v) is 4.63. The number of carbonyl (C=O) groups excluding carboxylic acids is 1. The van der Waals surface area contributed by atoms with Crippen LogP contribution in [0.2, 0.25) is 5.02 Å². The summed E-state index contributed by atoms with van der Waals surface area (Å²) in [7, 11) is -7.57. The zero-order valence-electron chi connectivity index (χ0n) is 17.5. The third kappa shape index (κ3) is 6.78. The maximum atomic E-state index is 12.4. The molecular formula is C22H21ClN2O6S2. The summed E-state index contributed by atoms with van der Waals surface area (Å²) < 4.78 is 53.3. The highest BCUT2D eigenvalue weighted by atomic mass is 35.5. The Labute approximate surface area is 197 Å². The second-order valence-electron chi connectivity index (χ2n) is 7.22. The molecule has 0 unspecified atom stereocenters. The topological polar surface area (TPSA) is 133 Å². The third-order valence-electron chi connectivity index (χ3n) is 4.59. The summed E-state index contributed by atoms with van der Waals surface area (Å²) in [4.78, 5) is 12.2. The molecule has 0 aliphatic carbocycles. The highest BCUT2D eigenvalue weighted by Crippen LogP contribution is 2.24. The Morgan fingerprint density at radius 1 is 0.970 bits per heavy atom. The lowest BCUT2D eigenvalue weighted by molar-refractivity contribution is -0.115. The van der Waals surface area contributed by atoms with Crippen LogP contribution in [0.1, 0.15) is 11.1 Å². The summed E-state index contributed by atoms with van der Waals surface area (Å²) in [6.07, 6.45) is 1.08. The van der Waals surface area contributed by atoms with Crippen molar-refractivity contribution in [3.05, 3.63) is 82.9 Å². The lowest BCUT2D eigenvalue weighted by Gasteiger charge is -2.13. The number of nitrogens with two attached hydrogens (primary N) is 1. The van der Waals surface area contributed by atoms with E-state index in [9.17, 15) is 21.6 Å². The maximum absolute atomic E-state index is 12.4. The quantitative estimate of drug-likeness (QED) is 0.480. The van der Waals surface area contributed by atoms with E-state index in [1.807, 2.05) is 0 Å². The Kier molecular flexibility index (Phi) is 7.43. The number of ether oxygens (including phenoxy) is 1. The van der Waals surface area contributed by atoms with E-state index in [0.717, 1.165) is 6.26 Å². The molecule has 11 heteroatoms. The number of hydrogen-bond acceptors (Lipinski definition) is 6. The molecule has 0 fully saturated rings. The molecule has 174 valence electrons. The van der Waals surface area contributed by atoms with Crippen LogP contribution in [0, 0.1) is 0 Å². The van der Waals surface area contributed by atoms with Gasteiger partial charge in [0.15, 0.2) is 9.84 Å². The Hall–Kier alpha value is -2.92. The van der Waals surface area contributed by atoms with Gasteiger partial charge in [0, 0.05) is 22.5 Å². The van der Waals surface area contributed by atoms with Gasteiger partial charge in [0.05, 0.1) is 16.2 Å². The zero-order chi connectivity index (χ0) is 24.2. The fourth-order valence-electron chi connectivity index (χ4n) is 2.99. The SMILES string of the molecule is CS(=O)(=O)c1cccc(OCc2ccc(NC(=O)Cc3ccccc3Cl)cc2S(N)(=O)=O)c1. The van der Waals surface area contributed by atoms with E-state index >= 15 is 0 Å². The number of halogens is 1. The number of carbonyl (C=O) groups is 1. The second-order valence-corrected chi connectivity index (χ2v) is 11.2. The van der Waals surface area contributed by atoms with Gasteiger partial charge in [-0.3, -0.25) is 4.79 Å². The molecule has 3 aromatic rings. The molecule has 0 radical (unpaired) electrons. The largest absolute Gasteiger partial charge is 0.489 e. The smallest absolute Gasteiger partial charge is 0.238 e. The van der Waals surface area contributed by atoms with Crippen molar-refractivity contribution in [1.82, 2.24) is 0 Å². The lowest BCUT2D eigenvalue weighted by atomic mass is 10.1. The Morgan fingerprint density at radius 2 is 1.70 bits per heavy atom. The molecule has 0 bridgehead atoms. The van der Waals surface area contributed by atoms with Crippen molar-refractivity contribution >= 4 is 43.1 Å². The molecule has 8 nitrogen and oxygen atoms in total. The minimum absolute atomic E-state index is 0.00587. The lowest BCUT2D eigenvalue weighted by Crippen LogP contribution is -2.18. The number of sulfonamides is 1. The monoisotopic (exact) mass is 508 g/mol. The first-order valence-corrected chi connectivity index (χ1v) is 13.4. The maximum Gasteiger partial charge on any atom is 0.238 e. The Morgan fingerprint density at radius 3 is 2.36 bits per heavy atom. The Bertz CT molecular complexity index is 1410. The normalized spacial score (nSPS) is 11.7. The summed E-state index contributed by atoms with van der Waals surface area (Å²) in [6, 6.07) is 17.0. The number of primary sulfonamides is 1. The number of sulfone groups is 1. The molecule has 0 saturated carbocycles. The van der Waals surface area contributed by atoms with Crippen LogP contribution >= 0.6 is 11.6 Å². The first kappa shape index (κ1) is 24.7.